The molecule has 0 aromatic heterocycles. The normalized spacial score (nSPS) is 13.0. The van der Waals surface area contributed by atoms with Gasteiger partial charge in [0.05, 0.1) is 20.6 Å². The topological polar surface area (TPSA) is 91.3 Å². The van der Waals surface area contributed by atoms with E-state index in [9.17, 15) is 9.59 Å². The van der Waals surface area contributed by atoms with Gasteiger partial charge in [-0.05, 0) is 23.8 Å². The molecule has 0 bridgehead atoms. The van der Waals surface area contributed by atoms with E-state index < -0.39 is 18.4 Å². The number of hydrogen-bond acceptors (Lipinski definition) is 6. The Morgan fingerprint density at radius 1 is 1.33 bits per heavy atom. The van der Waals surface area contributed by atoms with Crippen LogP contribution in [0.4, 0.5) is 0 Å². The molecular formula is C14H14O7. The van der Waals surface area contributed by atoms with Crippen LogP contribution in [0.2, 0.25) is 0 Å². The molecule has 1 heterocycles. The molecule has 0 radical (unpaired) electrons. The van der Waals surface area contributed by atoms with Gasteiger partial charge in [0.2, 0.25) is 12.5 Å². The smallest absolute Gasteiger partial charge is 0.334 e. The Morgan fingerprint density at radius 3 is 2.71 bits per heavy atom. The summed E-state index contributed by atoms with van der Waals surface area (Å²) >= 11 is 0. The van der Waals surface area contributed by atoms with E-state index in [2.05, 4.69) is 4.74 Å². The molecule has 0 spiro atoms. The fourth-order valence-electron chi connectivity index (χ4n) is 1.91. The fraction of sp³-hybridized carbons (Fsp3) is 0.286. The van der Waals surface area contributed by atoms with Crippen LogP contribution in [-0.2, 0) is 14.3 Å². The lowest BCUT2D eigenvalue weighted by atomic mass is 10.1. The summed E-state index contributed by atoms with van der Waals surface area (Å²) in [4.78, 5) is 22.4. The maximum absolute atomic E-state index is 11.6. The Kier molecular flexibility index (Phi) is 4.32. The monoisotopic (exact) mass is 294 g/mol. The molecule has 1 aromatic carbocycles. The van der Waals surface area contributed by atoms with Gasteiger partial charge in [0.25, 0.3) is 0 Å². The second-order valence-electron chi connectivity index (χ2n) is 4.19. The predicted octanol–water partition coefficient (Wildman–Crippen LogP) is 1.45. The quantitative estimate of drug-likeness (QED) is 0.649. The molecule has 1 N–H and O–H groups in total. The van der Waals surface area contributed by atoms with E-state index in [1.54, 1.807) is 12.1 Å². The van der Waals surface area contributed by atoms with Gasteiger partial charge in [-0.3, -0.25) is 4.79 Å². The second kappa shape index (κ2) is 6.17. The lowest BCUT2D eigenvalue weighted by Crippen LogP contribution is -2.09. The van der Waals surface area contributed by atoms with E-state index in [0.29, 0.717) is 22.8 Å². The minimum absolute atomic E-state index is 0.0194. The van der Waals surface area contributed by atoms with Crippen molar-refractivity contribution >= 4 is 18.0 Å². The standard InChI is InChI=1S/C14H14O7/c1-18-10-4-8(5-11-13(10)21-7-20-11)3-9(6-12(15)16)14(17)19-2/h3-5H,6-7H2,1-2H3,(H,15,16). The van der Waals surface area contributed by atoms with Gasteiger partial charge in [-0.25, -0.2) is 4.79 Å². The van der Waals surface area contributed by atoms with Gasteiger partial charge in [-0.2, -0.15) is 0 Å². The van der Waals surface area contributed by atoms with Crippen LogP contribution in [0.3, 0.4) is 0 Å². The van der Waals surface area contributed by atoms with Crippen molar-refractivity contribution in [3.63, 3.8) is 0 Å². The first-order valence-corrected chi connectivity index (χ1v) is 6.03. The summed E-state index contributed by atoms with van der Waals surface area (Å²) < 4.78 is 20.3. The minimum atomic E-state index is -1.13. The van der Waals surface area contributed by atoms with Gasteiger partial charge >= 0.3 is 11.9 Å². The maximum Gasteiger partial charge on any atom is 0.334 e. The Labute approximate surface area is 120 Å². The van der Waals surface area contributed by atoms with E-state index in [0.717, 1.165) is 0 Å². The lowest BCUT2D eigenvalue weighted by Gasteiger charge is -2.07. The van der Waals surface area contributed by atoms with Gasteiger partial charge in [0.1, 0.15) is 0 Å². The molecule has 0 unspecified atom stereocenters. The van der Waals surface area contributed by atoms with Crippen LogP contribution in [0.25, 0.3) is 6.08 Å². The summed E-state index contributed by atoms with van der Waals surface area (Å²) in [5.74, 6) is -0.433. The van der Waals surface area contributed by atoms with Crippen molar-refractivity contribution in [2.45, 2.75) is 6.42 Å². The highest BCUT2D eigenvalue weighted by molar-refractivity contribution is 5.98. The largest absolute Gasteiger partial charge is 0.493 e. The first-order chi connectivity index (χ1) is 10.0. The molecule has 0 fully saturated rings. The molecule has 1 aliphatic rings. The number of esters is 1. The van der Waals surface area contributed by atoms with Crippen molar-refractivity contribution in [2.24, 2.45) is 0 Å². The lowest BCUT2D eigenvalue weighted by molar-refractivity contribution is -0.141. The van der Waals surface area contributed by atoms with Gasteiger partial charge in [-0.1, -0.05) is 0 Å². The third kappa shape index (κ3) is 3.25. The van der Waals surface area contributed by atoms with Gasteiger partial charge in [0.15, 0.2) is 11.5 Å². The van der Waals surface area contributed by atoms with E-state index in [-0.39, 0.29) is 12.4 Å². The average molecular weight is 294 g/mol. The van der Waals surface area contributed by atoms with Crippen LogP contribution >= 0.6 is 0 Å². The number of benzene rings is 1. The van der Waals surface area contributed by atoms with E-state index in [1.807, 2.05) is 0 Å². The molecule has 7 heteroatoms. The Morgan fingerprint density at radius 2 is 2.10 bits per heavy atom. The number of ether oxygens (including phenoxy) is 4. The molecular weight excluding hydrogens is 280 g/mol. The zero-order valence-electron chi connectivity index (χ0n) is 11.5. The Hall–Kier alpha value is -2.70. The minimum Gasteiger partial charge on any atom is -0.493 e. The molecule has 0 atom stereocenters. The van der Waals surface area contributed by atoms with Gasteiger partial charge in [-0.15, -0.1) is 0 Å². The molecule has 0 saturated carbocycles. The highest BCUT2D eigenvalue weighted by Gasteiger charge is 2.21. The molecule has 1 aliphatic heterocycles. The highest BCUT2D eigenvalue weighted by Crippen LogP contribution is 2.42. The van der Waals surface area contributed by atoms with E-state index in [1.165, 1.54) is 20.3 Å². The third-order valence-corrected chi connectivity index (χ3v) is 2.81. The number of carbonyl (C=O) groups excluding carboxylic acids is 1. The van der Waals surface area contributed by atoms with Gasteiger partial charge < -0.3 is 24.1 Å². The zero-order valence-corrected chi connectivity index (χ0v) is 11.5. The van der Waals surface area contributed by atoms with Crippen molar-refractivity contribution in [3.05, 3.63) is 23.3 Å². The van der Waals surface area contributed by atoms with E-state index >= 15 is 0 Å². The van der Waals surface area contributed by atoms with Crippen LogP contribution in [0, 0.1) is 0 Å². The van der Waals surface area contributed by atoms with Crippen molar-refractivity contribution in [1.29, 1.82) is 0 Å². The first kappa shape index (κ1) is 14.7. The van der Waals surface area contributed by atoms with Crippen LogP contribution in [0.1, 0.15) is 12.0 Å². The van der Waals surface area contributed by atoms with Crippen molar-refractivity contribution in [3.8, 4) is 17.2 Å². The van der Waals surface area contributed by atoms with Crippen molar-refractivity contribution in [1.82, 2.24) is 0 Å². The first-order valence-electron chi connectivity index (χ1n) is 6.03. The molecule has 1 aromatic rings. The van der Waals surface area contributed by atoms with Crippen molar-refractivity contribution in [2.75, 3.05) is 21.0 Å². The molecule has 112 valence electrons. The number of carboxylic acids is 1. The molecule has 0 aliphatic carbocycles. The van der Waals surface area contributed by atoms with E-state index in [4.69, 9.17) is 19.3 Å². The Bertz CT molecular complexity index is 604. The van der Waals surface area contributed by atoms with Crippen LogP contribution in [0.15, 0.2) is 17.7 Å². The summed E-state index contributed by atoms with van der Waals surface area (Å²) in [6.07, 6.45) is 0.980. The third-order valence-electron chi connectivity index (χ3n) is 2.81. The average Bonchev–Trinajstić information content (AvgIpc) is 2.92. The number of rotatable bonds is 5. The number of hydrogen-bond donors (Lipinski definition) is 1. The second-order valence-corrected chi connectivity index (χ2v) is 4.19. The van der Waals surface area contributed by atoms with Crippen LogP contribution in [-0.4, -0.2) is 38.1 Å². The maximum atomic E-state index is 11.6. The molecule has 0 amide bonds. The summed E-state index contributed by atoms with van der Waals surface area (Å²) in [5, 5.41) is 8.84. The zero-order chi connectivity index (χ0) is 15.4. The number of carboxylic acid groups (broad SMARTS) is 1. The molecule has 21 heavy (non-hydrogen) atoms. The van der Waals surface area contributed by atoms with Gasteiger partial charge in [0, 0.05) is 5.57 Å². The number of methoxy groups -OCH3 is 2. The highest BCUT2D eigenvalue weighted by atomic mass is 16.7. The Balaban J connectivity index is 2.41. The molecule has 2 rings (SSSR count). The fourth-order valence-corrected chi connectivity index (χ4v) is 1.91. The SMILES string of the molecule is COC(=O)C(=Cc1cc(OC)c2c(c1)OCO2)CC(=O)O. The summed E-state index contributed by atoms with van der Waals surface area (Å²) in [5.41, 5.74) is 0.573. The number of carbonyl (C=O) groups is 2. The van der Waals surface area contributed by atoms with Crippen LogP contribution < -0.4 is 14.2 Å². The number of aliphatic carboxylic acids is 1. The predicted molar refractivity (Wildman–Crippen MR) is 71.4 cm³/mol. The summed E-state index contributed by atoms with van der Waals surface area (Å²) in [7, 11) is 2.67. The van der Waals surface area contributed by atoms with Crippen molar-refractivity contribution < 1.29 is 33.6 Å². The molecule has 0 saturated heterocycles. The summed E-state index contributed by atoms with van der Waals surface area (Å²) in [6, 6.07) is 3.26. The summed E-state index contributed by atoms with van der Waals surface area (Å²) in [6.45, 7) is 0.0812. The molecule has 7 nitrogen and oxygen atoms in total. The van der Waals surface area contributed by atoms with Crippen LogP contribution in [0.5, 0.6) is 17.2 Å². The number of fused-ring (bicyclic) bond motifs is 1.